The van der Waals surface area contributed by atoms with Gasteiger partial charge in [0, 0.05) is 34.9 Å². The molecule has 2 aromatic carbocycles. The van der Waals surface area contributed by atoms with Crippen molar-refractivity contribution in [1.29, 1.82) is 0 Å². The molecule has 1 amide bonds. The van der Waals surface area contributed by atoms with E-state index in [4.69, 9.17) is 0 Å². The molecule has 0 aliphatic heterocycles. The first kappa shape index (κ1) is 16.7. The second-order valence-corrected chi connectivity index (χ2v) is 4.81. The van der Waals surface area contributed by atoms with E-state index in [-0.39, 0.29) is 16.9 Å². The zero-order valence-electron chi connectivity index (χ0n) is 12.5. The summed E-state index contributed by atoms with van der Waals surface area (Å²) in [5.41, 5.74) is 3.12. The summed E-state index contributed by atoms with van der Waals surface area (Å²) in [6.45, 7) is 1.53. The molecule has 0 unspecified atom stereocenters. The van der Waals surface area contributed by atoms with Crippen molar-refractivity contribution in [2.24, 2.45) is 5.10 Å². The number of nitrogens with zero attached hydrogens (tertiary/aromatic N) is 3. The van der Waals surface area contributed by atoms with Crippen LogP contribution in [0.1, 0.15) is 21.5 Å². The van der Waals surface area contributed by atoms with E-state index in [1.54, 1.807) is 6.07 Å². The summed E-state index contributed by atoms with van der Waals surface area (Å²) in [4.78, 5) is 32.3. The lowest BCUT2D eigenvalue weighted by Crippen LogP contribution is -2.17. The van der Waals surface area contributed by atoms with Gasteiger partial charge in [-0.3, -0.25) is 25.0 Å². The van der Waals surface area contributed by atoms with Gasteiger partial charge >= 0.3 is 0 Å². The van der Waals surface area contributed by atoms with Gasteiger partial charge in [-0.1, -0.05) is 12.1 Å². The molecular formula is C15H12N4O5. The maximum Gasteiger partial charge on any atom is 0.272 e. The van der Waals surface area contributed by atoms with Crippen LogP contribution >= 0.6 is 0 Å². The van der Waals surface area contributed by atoms with Gasteiger partial charge in [0.25, 0.3) is 17.3 Å². The molecule has 122 valence electrons. The molecule has 0 aromatic heterocycles. The van der Waals surface area contributed by atoms with Crippen molar-refractivity contribution in [2.75, 3.05) is 0 Å². The number of carbonyl (C=O) groups excluding carboxylic acids is 1. The van der Waals surface area contributed by atoms with E-state index in [1.807, 2.05) is 0 Å². The number of nitrogens with one attached hydrogen (secondary N) is 1. The highest BCUT2D eigenvalue weighted by Gasteiger charge is 2.13. The van der Waals surface area contributed by atoms with Crippen molar-refractivity contribution in [3.8, 4) is 0 Å². The van der Waals surface area contributed by atoms with Crippen molar-refractivity contribution in [3.05, 3.63) is 79.4 Å². The molecule has 0 heterocycles. The summed E-state index contributed by atoms with van der Waals surface area (Å²) in [6, 6.07) is 9.70. The molecule has 0 aliphatic rings. The van der Waals surface area contributed by atoms with Gasteiger partial charge in [0.2, 0.25) is 0 Å². The SMILES string of the molecule is Cc1cc(C(=O)N/N=C/c2cccc([N+](=O)[O-])c2)ccc1[N+](=O)[O-]. The molecule has 0 radical (unpaired) electrons. The molecule has 24 heavy (non-hydrogen) atoms. The summed E-state index contributed by atoms with van der Waals surface area (Å²) < 4.78 is 0. The number of aryl methyl sites for hydroxylation is 1. The fourth-order valence-corrected chi connectivity index (χ4v) is 1.95. The minimum atomic E-state index is -0.547. The Balaban J connectivity index is 2.08. The first-order chi connectivity index (χ1) is 11.4. The van der Waals surface area contributed by atoms with Gasteiger partial charge in [0.15, 0.2) is 0 Å². The van der Waals surface area contributed by atoms with Gasteiger partial charge in [-0.05, 0) is 19.1 Å². The Bertz CT molecular complexity index is 848. The molecule has 0 aliphatic carbocycles. The maximum atomic E-state index is 11.9. The standard InChI is InChI=1S/C15H12N4O5/c1-10-7-12(5-6-14(10)19(23)24)15(20)17-16-9-11-3-2-4-13(8-11)18(21)22/h2-9H,1H3,(H,17,20)/b16-9+. The van der Waals surface area contributed by atoms with Gasteiger partial charge in [-0.15, -0.1) is 0 Å². The summed E-state index contributed by atoms with van der Waals surface area (Å²) in [5.74, 6) is -0.547. The normalized spacial score (nSPS) is 10.5. The summed E-state index contributed by atoms with van der Waals surface area (Å²) in [5, 5.41) is 25.1. The van der Waals surface area contributed by atoms with Gasteiger partial charge in [0.1, 0.15) is 0 Å². The van der Waals surface area contributed by atoms with E-state index >= 15 is 0 Å². The number of nitro groups is 2. The predicted molar refractivity (Wildman–Crippen MR) is 86.0 cm³/mol. The highest BCUT2D eigenvalue weighted by atomic mass is 16.6. The lowest BCUT2D eigenvalue weighted by atomic mass is 10.1. The van der Waals surface area contributed by atoms with Crippen molar-refractivity contribution in [1.82, 2.24) is 5.43 Å². The molecule has 2 rings (SSSR count). The molecule has 0 atom stereocenters. The summed E-state index contributed by atoms with van der Waals surface area (Å²) in [7, 11) is 0. The van der Waals surface area contributed by atoms with Crippen LogP contribution in [0, 0.1) is 27.2 Å². The van der Waals surface area contributed by atoms with Gasteiger partial charge < -0.3 is 0 Å². The zero-order valence-corrected chi connectivity index (χ0v) is 12.5. The molecular weight excluding hydrogens is 316 g/mol. The van der Waals surface area contributed by atoms with Gasteiger partial charge in [-0.25, -0.2) is 5.43 Å². The second-order valence-electron chi connectivity index (χ2n) is 4.81. The van der Waals surface area contributed by atoms with Crippen LogP contribution in [-0.4, -0.2) is 22.0 Å². The van der Waals surface area contributed by atoms with Crippen LogP contribution in [0.4, 0.5) is 11.4 Å². The quantitative estimate of drug-likeness (QED) is 0.512. The molecule has 0 saturated carbocycles. The number of nitro benzene ring substituents is 2. The van der Waals surface area contributed by atoms with Crippen molar-refractivity contribution in [2.45, 2.75) is 6.92 Å². The topological polar surface area (TPSA) is 128 Å². The number of benzene rings is 2. The van der Waals surface area contributed by atoms with E-state index in [0.717, 1.165) is 0 Å². The lowest BCUT2D eigenvalue weighted by Gasteiger charge is -2.02. The molecule has 9 heteroatoms. The van der Waals surface area contributed by atoms with Crippen molar-refractivity contribution >= 4 is 23.5 Å². The third-order valence-corrected chi connectivity index (χ3v) is 3.12. The van der Waals surface area contributed by atoms with E-state index < -0.39 is 15.8 Å². The molecule has 1 N–H and O–H groups in total. The Morgan fingerprint density at radius 1 is 1.12 bits per heavy atom. The van der Waals surface area contributed by atoms with Crippen molar-refractivity contribution in [3.63, 3.8) is 0 Å². The molecule has 0 saturated heterocycles. The zero-order chi connectivity index (χ0) is 17.7. The maximum absolute atomic E-state index is 11.9. The van der Waals surface area contributed by atoms with Gasteiger partial charge in [0.05, 0.1) is 16.1 Å². The third-order valence-electron chi connectivity index (χ3n) is 3.12. The largest absolute Gasteiger partial charge is 0.272 e. The molecule has 2 aromatic rings. The smallest absolute Gasteiger partial charge is 0.267 e. The first-order valence-electron chi connectivity index (χ1n) is 6.71. The van der Waals surface area contributed by atoms with E-state index in [1.165, 1.54) is 49.5 Å². The Labute approximate surface area is 135 Å². The fraction of sp³-hybridized carbons (Fsp3) is 0.0667. The van der Waals surface area contributed by atoms with E-state index in [2.05, 4.69) is 10.5 Å². The van der Waals surface area contributed by atoms with Crippen molar-refractivity contribution < 1.29 is 14.6 Å². The predicted octanol–water partition coefficient (Wildman–Crippen LogP) is 2.58. The van der Waals surface area contributed by atoms with Crippen LogP contribution in [-0.2, 0) is 0 Å². The molecule has 9 nitrogen and oxygen atoms in total. The monoisotopic (exact) mass is 328 g/mol. The Hall–Kier alpha value is -3.62. The van der Waals surface area contributed by atoms with Crippen LogP contribution in [0.5, 0.6) is 0 Å². The average Bonchev–Trinajstić information content (AvgIpc) is 2.54. The minimum Gasteiger partial charge on any atom is -0.267 e. The third kappa shape index (κ3) is 3.97. The molecule has 0 bridgehead atoms. The highest BCUT2D eigenvalue weighted by molar-refractivity contribution is 5.95. The van der Waals surface area contributed by atoms with Crippen LogP contribution < -0.4 is 5.43 Å². The number of hydrazone groups is 1. The highest BCUT2D eigenvalue weighted by Crippen LogP contribution is 2.18. The van der Waals surface area contributed by atoms with Crippen LogP contribution in [0.3, 0.4) is 0 Å². The summed E-state index contributed by atoms with van der Waals surface area (Å²) >= 11 is 0. The van der Waals surface area contributed by atoms with Crippen LogP contribution in [0.25, 0.3) is 0 Å². The number of hydrogen-bond acceptors (Lipinski definition) is 6. The Morgan fingerprint density at radius 3 is 2.50 bits per heavy atom. The number of non-ortho nitro benzene ring substituents is 1. The number of rotatable bonds is 5. The lowest BCUT2D eigenvalue weighted by molar-refractivity contribution is -0.385. The second kappa shape index (κ2) is 7.09. The number of carbonyl (C=O) groups is 1. The molecule has 0 spiro atoms. The summed E-state index contributed by atoms with van der Waals surface area (Å²) in [6.07, 6.45) is 1.27. The van der Waals surface area contributed by atoms with E-state index in [0.29, 0.717) is 11.1 Å². The average molecular weight is 328 g/mol. The van der Waals surface area contributed by atoms with Gasteiger partial charge in [-0.2, -0.15) is 5.10 Å². The minimum absolute atomic E-state index is 0.0772. The molecule has 0 fully saturated rings. The number of amides is 1. The number of hydrogen-bond donors (Lipinski definition) is 1. The van der Waals surface area contributed by atoms with E-state index in [9.17, 15) is 25.0 Å². The Kier molecular flexibility index (Phi) is 4.95. The van der Waals surface area contributed by atoms with Crippen LogP contribution in [0.2, 0.25) is 0 Å². The fourth-order valence-electron chi connectivity index (χ4n) is 1.95. The Morgan fingerprint density at radius 2 is 1.88 bits per heavy atom. The van der Waals surface area contributed by atoms with Crippen LogP contribution in [0.15, 0.2) is 47.6 Å². The first-order valence-corrected chi connectivity index (χ1v) is 6.71.